The minimum Gasteiger partial charge on any atom is -0.461 e. The summed E-state index contributed by atoms with van der Waals surface area (Å²) >= 11 is 0. The summed E-state index contributed by atoms with van der Waals surface area (Å²) in [4.78, 5) is 50.4. The van der Waals surface area contributed by atoms with E-state index < -0.39 is 82.5 Å². The molecular formula is C30H44O10. The van der Waals surface area contributed by atoms with E-state index in [1.54, 1.807) is 41.5 Å². The Labute approximate surface area is 236 Å². The average Bonchev–Trinajstić information content (AvgIpc) is 3.26. The van der Waals surface area contributed by atoms with Crippen molar-refractivity contribution in [2.45, 2.75) is 105 Å². The fourth-order valence-corrected chi connectivity index (χ4v) is 6.76. The molecule has 8 unspecified atom stereocenters. The van der Waals surface area contributed by atoms with Gasteiger partial charge in [-0.2, -0.15) is 0 Å². The van der Waals surface area contributed by atoms with Crippen LogP contribution in [0.25, 0.3) is 0 Å². The normalized spacial score (nSPS) is 36.5. The van der Waals surface area contributed by atoms with Gasteiger partial charge in [-0.25, -0.2) is 4.79 Å². The van der Waals surface area contributed by atoms with Crippen LogP contribution in [-0.2, 0) is 38.1 Å². The monoisotopic (exact) mass is 564 g/mol. The predicted octanol–water partition coefficient (Wildman–Crippen LogP) is 3.03. The van der Waals surface area contributed by atoms with Crippen LogP contribution < -0.4 is 0 Å². The fourth-order valence-electron chi connectivity index (χ4n) is 6.76. The smallest absolute Gasteiger partial charge is 0.331 e. The minimum absolute atomic E-state index is 0.00812. The summed E-state index contributed by atoms with van der Waals surface area (Å²) in [5, 5.41) is 24.2. The van der Waals surface area contributed by atoms with E-state index in [4.69, 9.17) is 18.9 Å². The zero-order valence-corrected chi connectivity index (χ0v) is 24.8. The van der Waals surface area contributed by atoms with Gasteiger partial charge in [0.15, 0.2) is 12.2 Å². The third kappa shape index (κ3) is 5.32. The van der Waals surface area contributed by atoms with E-state index >= 15 is 0 Å². The second kappa shape index (κ2) is 11.3. The van der Waals surface area contributed by atoms with Gasteiger partial charge in [0.2, 0.25) is 0 Å². The van der Waals surface area contributed by atoms with Gasteiger partial charge >= 0.3 is 23.9 Å². The molecule has 0 aromatic carbocycles. The molecule has 1 heterocycles. The zero-order valence-electron chi connectivity index (χ0n) is 24.8. The number of carbonyl (C=O) groups is 4. The summed E-state index contributed by atoms with van der Waals surface area (Å²) in [5.41, 5.74) is -3.51. The standard InChI is InChI=1S/C30H44O10/c1-15(2)26(34)39-21(12-19-13-22(33)37-14-19)29(8)23-20(32)11-10-17(5)28(23,7)24(38-18(6)31)25(30(29,9)36)40-27(35)16(3)4/h13,15-16,20-21,23-25,32,36H,5,10-12,14H2,1-4,6-9H3. The number of esters is 4. The molecule has 0 aromatic heterocycles. The molecule has 2 aliphatic carbocycles. The van der Waals surface area contributed by atoms with Crippen molar-refractivity contribution in [2.24, 2.45) is 28.6 Å². The third-order valence-corrected chi connectivity index (χ3v) is 9.27. The molecule has 0 spiro atoms. The van der Waals surface area contributed by atoms with Gasteiger partial charge in [-0.3, -0.25) is 14.4 Å². The molecule has 10 nitrogen and oxygen atoms in total. The molecule has 0 bridgehead atoms. The first-order valence-electron chi connectivity index (χ1n) is 13.9. The number of fused-ring (bicyclic) bond motifs is 1. The lowest BCUT2D eigenvalue weighted by Gasteiger charge is -2.67. The van der Waals surface area contributed by atoms with Crippen molar-refractivity contribution in [3.63, 3.8) is 0 Å². The van der Waals surface area contributed by atoms with Crippen LogP contribution in [0.1, 0.15) is 74.7 Å². The van der Waals surface area contributed by atoms with Crippen LogP contribution in [0.3, 0.4) is 0 Å². The minimum atomic E-state index is -2.01. The number of ether oxygens (including phenoxy) is 4. The van der Waals surface area contributed by atoms with Gasteiger partial charge in [0, 0.05) is 36.2 Å². The molecule has 0 aromatic rings. The Morgan fingerprint density at radius 2 is 1.68 bits per heavy atom. The van der Waals surface area contributed by atoms with E-state index in [-0.39, 0.29) is 13.0 Å². The summed E-state index contributed by atoms with van der Waals surface area (Å²) in [5.74, 6) is -4.30. The van der Waals surface area contributed by atoms with E-state index in [0.29, 0.717) is 24.0 Å². The van der Waals surface area contributed by atoms with Crippen molar-refractivity contribution < 1.29 is 48.3 Å². The lowest BCUT2D eigenvalue weighted by molar-refractivity contribution is -0.313. The summed E-state index contributed by atoms with van der Waals surface area (Å²) in [7, 11) is 0. The van der Waals surface area contributed by atoms with Crippen LogP contribution in [-0.4, -0.2) is 70.7 Å². The molecule has 2 saturated carbocycles. The second-order valence-electron chi connectivity index (χ2n) is 12.6. The van der Waals surface area contributed by atoms with E-state index in [0.717, 1.165) is 0 Å². The number of hydrogen-bond acceptors (Lipinski definition) is 10. The number of aliphatic hydroxyl groups is 2. The molecule has 2 fully saturated rings. The van der Waals surface area contributed by atoms with E-state index in [2.05, 4.69) is 6.58 Å². The van der Waals surface area contributed by atoms with Gasteiger partial charge in [0.1, 0.15) is 18.3 Å². The Kier molecular flexibility index (Phi) is 8.97. The van der Waals surface area contributed by atoms with Crippen molar-refractivity contribution >= 4 is 23.9 Å². The number of hydrogen-bond donors (Lipinski definition) is 2. The number of aliphatic hydroxyl groups excluding tert-OH is 1. The molecular weight excluding hydrogens is 520 g/mol. The lowest BCUT2D eigenvalue weighted by Crippen LogP contribution is -2.78. The topological polar surface area (TPSA) is 146 Å². The third-order valence-electron chi connectivity index (χ3n) is 9.27. The molecule has 10 heteroatoms. The Morgan fingerprint density at radius 3 is 2.17 bits per heavy atom. The first kappa shape index (κ1) is 31.8. The van der Waals surface area contributed by atoms with Gasteiger partial charge in [-0.05, 0) is 25.3 Å². The zero-order chi connectivity index (χ0) is 30.4. The molecule has 3 aliphatic rings. The SMILES string of the molecule is C=C1CCC(O)C2C1(C)C(OC(C)=O)C(OC(=O)C(C)C)C(C)(O)C2(C)C(CC1=CC(=O)OC1)OC(=O)C(C)C. The number of carbonyl (C=O) groups excluding carboxylic acids is 4. The summed E-state index contributed by atoms with van der Waals surface area (Å²) in [6.07, 6.45) is -2.67. The fraction of sp³-hybridized carbons (Fsp3) is 0.733. The highest BCUT2D eigenvalue weighted by Crippen LogP contribution is 2.66. The van der Waals surface area contributed by atoms with Crippen LogP contribution >= 0.6 is 0 Å². The van der Waals surface area contributed by atoms with Gasteiger partial charge in [0.05, 0.1) is 17.9 Å². The second-order valence-corrected chi connectivity index (χ2v) is 12.6. The van der Waals surface area contributed by atoms with Crippen LogP contribution in [0, 0.1) is 28.6 Å². The quantitative estimate of drug-likeness (QED) is 0.256. The first-order valence-corrected chi connectivity index (χ1v) is 13.9. The predicted molar refractivity (Wildman–Crippen MR) is 143 cm³/mol. The lowest BCUT2D eigenvalue weighted by atomic mass is 9.41. The molecule has 0 saturated heterocycles. The largest absolute Gasteiger partial charge is 0.461 e. The first-order chi connectivity index (χ1) is 18.4. The highest BCUT2D eigenvalue weighted by Gasteiger charge is 2.75. The maximum absolute atomic E-state index is 13.1. The maximum atomic E-state index is 13.1. The molecule has 0 amide bonds. The summed E-state index contributed by atoms with van der Waals surface area (Å²) in [6, 6.07) is 0. The number of cyclic esters (lactones) is 1. The van der Waals surface area contributed by atoms with Crippen LogP contribution in [0.2, 0.25) is 0 Å². The van der Waals surface area contributed by atoms with Crippen molar-refractivity contribution in [1.82, 2.24) is 0 Å². The highest BCUT2D eigenvalue weighted by atomic mass is 16.6. The highest BCUT2D eigenvalue weighted by molar-refractivity contribution is 5.85. The molecule has 3 rings (SSSR count). The Hall–Kier alpha value is -2.72. The molecule has 40 heavy (non-hydrogen) atoms. The van der Waals surface area contributed by atoms with Crippen molar-refractivity contribution in [1.29, 1.82) is 0 Å². The van der Waals surface area contributed by atoms with Crippen molar-refractivity contribution in [3.05, 3.63) is 23.8 Å². The van der Waals surface area contributed by atoms with Crippen LogP contribution in [0.4, 0.5) is 0 Å². The Morgan fingerprint density at radius 1 is 1.07 bits per heavy atom. The maximum Gasteiger partial charge on any atom is 0.331 e. The molecule has 0 radical (unpaired) electrons. The Bertz CT molecular complexity index is 1090. The van der Waals surface area contributed by atoms with Gasteiger partial charge in [-0.1, -0.05) is 53.7 Å². The van der Waals surface area contributed by atoms with Crippen LogP contribution in [0.15, 0.2) is 23.8 Å². The average molecular weight is 565 g/mol. The van der Waals surface area contributed by atoms with Crippen LogP contribution in [0.5, 0.6) is 0 Å². The van der Waals surface area contributed by atoms with E-state index in [9.17, 15) is 29.4 Å². The Balaban J connectivity index is 2.32. The van der Waals surface area contributed by atoms with Gasteiger partial charge < -0.3 is 29.2 Å². The van der Waals surface area contributed by atoms with Crippen molar-refractivity contribution in [2.75, 3.05) is 6.61 Å². The molecule has 1 aliphatic heterocycles. The molecule has 224 valence electrons. The molecule has 8 atom stereocenters. The van der Waals surface area contributed by atoms with Gasteiger partial charge in [-0.15, -0.1) is 0 Å². The van der Waals surface area contributed by atoms with E-state index in [1.165, 1.54) is 19.9 Å². The summed E-state index contributed by atoms with van der Waals surface area (Å²) in [6.45, 7) is 17.0. The van der Waals surface area contributed by atoms with Crippen molar-refractivity contribution in [3.8, 4) is 0 Å². The molecule has 2 N–H and O–H groups in total. The summed E-state index contributed by atoms with van der Waals surface area (Å²) < 4.78 is 22.9. The number of rotatable bonds is 8. The van der Waals surface area contributed by atoms with E-state index in [1.807, 2.05) is 0 Å². The van der Waals surface area contributed by atoms with Gasteiger partial charge in [0.25, 0.3) is 0 Å².